The van der Waals surface area contributed by atoms with Crippen molar-refractivity contribution in [3.05, 3.63) is 54.1 Å². The molecule has 27 heavy (non-hydrogen) atoms. The number of fused-ring (bicyclic) bond motifs is 1. The number of nitrogens with two attached hydrogens (primary N) is 1. The van der Waals surface area contributed by atoms with E-state index < -0.39 is 0 Å². The van der Waals surface area contributed by atoms with Crippen LogP contribution in [0, 0.1) is 0 Å². The molecule has 1 saturated carbocycles. The zero-order valence-corrected chi connectivity index (χ0v) is 16.0. The van der Waals surface area contributed by atoms with E-state index in [-0.39, 0.29) is 18.3 Å². The Morgan fingerprint density at radius 1 is 1.11 bits per heavy atom. The van der Waals surface area contributed by atoms with Crippen molar-refractivity contribution >= 4 is 41.0 Å². The van der Waals surface area contributed by atoms with Crippen molar-refractivity contribution in [2.24, 2.45) is 0 Å². The molecule has 2 aromatic carbocycles. The maximum absolute atomic E-state index is 12.5. The Labute approximate surface area is 165 Å². The Kier molecular flexibility index (Phi) is 6.01. The number of imidazole rings is 1. The lowest BCUT2D eigenvalue weighted by molar-refractivity contribution is -0.116. The SMILES string of the molecule is Cl.Nc1ccccc1CCC(=O)Nc1nc2ccccc2n1C1CCCC1. The number of aromatic nitrogens is 2. The van der Waals surface area contributed by atoms with Crippen LogP contribution in [0.5, 0.6) is 0 Å². The Morgan fingerprint density at radius 2 is 1.81 bits per heavy atom. The maximum Gasteiger partial charge on any atom is 0.227 e. The number of nitrogen functional groups attached to an aromatic ring is 1. The Bertz CT molecular complexity index is 931. The van der Waals surface area contributed by atoms with Crippen LogP contribution in [0.1, 0.15) is 43.7 Å². The number of nitrogens with zero attached hydrogens (tertiary/aromatic N) is 2. The van der Waals surface area contributed by atoms with Crippen LogP contribution in [0.4, 0.5) is 11.6 Å². The molecule has 0 radical (unpaired) electrons. The van der Waals surface area contributed by atoms with Crippen molar-refractivity contribution in [2.75, 3.05) is 11.1 Å². The molecule has 142 valence electrons. The Balaban J connectivity index is 0.00000210. The standard InChI is InChI=1S/C21H24N4O.ClH/c22-17-10-4-1-7-15(17)13-14-20(26)24-21-23-18-11-5-6-12-19(18)25(21)16-8-2-3-9-16;/h1,4-7,10-12,16H,2-3,8-9,13-14,22H2,(H,23,24,26);1H. The zero-order chi connectivity index (χ0) is 17.9. The van der Waals surface area contributed by atoms with Crippen LogP contribution in [0.3, 0.4) is 0 Å². The fourth-order valence-electron chi connectivity index (χ4n) is 3.86. The molecule has 0 saturated heterocycles. The minimum absolute atomic E-state index is 0. The first-order valence-corrected chi connectivity index (χ1v) is 9.32. The quantitative estimate of drug-likeness (QED) is 0.624. The van der Waals surface area contributed by atoms with Gasteiger partial charge in [0.25, 0.3) is 0 Å². The minimum atomic E-state index is -0.0252. The lowest BCUT2D eigenvalue weighted by atomic mass is 10.1. The molecule has 1 aromatic heterocycles. The summed E-state index contributed by atoms with van der Waals surface area (Å²) >= 11 is 0. The van der Waals surface area contributed by atoms with Gasteiger partial charge in [-0.3, -0.25) is 10.1 Å². The molecule has 1 heterocycles. The van der Waals surface area contributed by atoms with Crippen LogP contribution in [0.25, 0.3) is 11.0 Å². The molecule has 3 N–H and O–H groups in total. The number of carbonyl (C=O) groups excluding carboxylic acids is 1. The average molecular weight is 385 g/mol. The number of nitrogens with one attached hydrogen (secondary N) is 1. The molecule has 6 heteroatoms. The average Bonchev–Trinajstić information content (AvgIpc) is 3.28. The van der Waals surface area contributed by atoms with E-state index in [0.29, 0.717) is 24.8 Å². The highest BCUT2D eigenvalue weighted by molar-refractivity contribution is 5.91. The molecule has 0 bridgehead atoms. The highest BCUT2D eigenvalue weighted by Crippen LogP contribution is 2.35. The van der Waals surface area contributed by atoms with E-state index in [0.717, 1.165) is 35.1 Å². The first kappa shape index (κ1) is 19.2. The lowest BCUT2D eigenvalue weighted by Gasteiger charge is -2.16. The first-order valence-electron chi connectivity index (χ1n) is 9.32. The van der Waals surface area contributed by atoms with Gasteiger partial charge in [0.05, 0.1) is 11.0 Å². The number of rotatable bonds is 5. The summed E-state index contributed by atoms with van der Waals surface area (Å²) in [5.74, 6) is 0.645. The van der Waals surface area contributed by atoms with Crippen LogP contribution >= 0.6 is 12.4 Å². The summed E-state index contributed by atoms with van der Waals surface area (Å²) in [5, 5.41) is 3.04. The monoisotopic (exact) mass is 384 g/mol. The van der Waals surface area contributed by atoms with Gasteiger partial charge in [-0.25, -0.2) is 4.98 Å². The van der Waals surface area contributed by atoms with E-state index in [4.69, 9.17) is 5.73 Å². The van der Waals surface area contributed by atoms with E-state index in [9.17, 15) is 4.79 Å². The number of amides is 1. The fraction of sp³-hybridized carbons (Fsp3) is 0.333. The lowest BCUT2D eigenvalue weighted by Crippen LogP contribution is -2.18. The molecule has 0 atom stereocenters. The van der Waals surface area contributed by atoms with Crippen molar-refractivity contribution < 1.29 is 4.79 Å². The van der Waals surface area contributed by atoms with Gasteiger partial charge in [-0.15, -0.1) is 12.4 Å². The number of anilines is 2. The molecule has 1 aliphatic carbocycles. The van der Waals surface area contributed by atoms with Gasteiger partial charge in [0.1, 0.15) is 0 Å². The van der Waals surface area contributed by atoms with Gasteiger partial charge in [0.15, 0.2) is 0 Å². The van der Waals surface area contributed by atoms with Gasteiger partial charge in [-0.05, 0) is 43.0 Å². The van der Waals surface area contributed by atoms with E-state index in [1.807, 2.05) is 42.5 Å². The third-order valence-corrected chi connectivity index (χ3v) is 5.21. The van der Waals surface area contributed by atoms with Gasteiger partial charge < -0.3 is 10.3 Å². The van der Waals surface area contributed by atoms with Crippen LogP contribution < -0.4 is 11.1 Å². The second kappa shape index (κ2) is 8.44. The van der Waals surface area contributed by atoms with Gasteiger partial charge in [0, 0.05) is 18.2 Å². The topological polar surface area (TPSA) is 72.9 Å². The number of hydrogen-bond donors (Lipinski definition) is 2. The number of hydrogen-bond acceptors (Lipinski definition) is 3. The number of benzene rings is 2. The molecule has 1 amide bonds. The molecule has 5 nitrogen and oxygen atoms in total. The second-order valence-corrected chi connectivity index (χ2v) is 6.98. The summed E-state index contributed by atoms with van der Waals surface area (Å²) in [5.41, 5.74) is 9.74. The summed E-state index contributed by atoms with van der Waals surface area (Å²) in [6, 6.07) is 16.2. The fourth-order valence-corrected chi connectivity index (χ4v) is 3.86. The zero-order valence-electron chi connectivity index (χ0n) is 15.2. The normalized spacial score (nSPS) is 14.2. The highest BCUT2D eigenvalue weighted by Gasteiger charge is 2.23. The number of para-hydroxylation sites is 3. The largest absolute Gasteiger partial charge is 0.399 e. The van der Waals surface area contributed by atoms with Gasteiger partial charge in [0.2, 0.25) is 11.9 Å². The summed E-state index contributed by atoms with van der Waals surface area (Å²) in [6.07, 6.45) is 5.77. The van der Waals surface area contributed by atoms with Crippen LogP contribution in [-0.2, 0) is 11.2 Å². The third-order valence-electron chi connectivity index (χ3n) is 5.21. The predicted molar refractivity (Wildman–Crippen MR) is 112 cm³/mol. The third kappa shape index (κ3) is 4.08. The molecule has 0 spiro atoms. The van der Waals surface area contributed by atoms with E-state index >= 15 is 0 Å². The van der Waals surface area contributed by atoms with Crippen molar-refractivity contribution in [2.45, 2.75) is 44.6 Å². The first-order chi connectivity index (χ1) is 12.7. The van der Waals surface area contributed by atoms with Gasteiger partial charge in [-0.2, -0.15) is 0 Å². The highest BCUT2D eigenvalue weighted by atomic mass is 35.5. The van der Waals surface area contributed by atoms with Crippen molar-refractivity contribution in [1.29, 1.82) is 0 Å². The Hall–Kier alpha value is -2.53. The number of carbonyl (C=O) groups is 1. The van der Waals surface area contributed by atoms with E-state index in [1.165, 1.54) is 12.8 Å². The molecule has 0 aliphatic heterocycles. The molecule has 1 fully saturated rings. The molecule has 1 aliphatic rings. The van der Waals surface area contributed by atoms with Gasteiger partial charge >= 0.3 is 0 Å². The van der Waals surface area contributed by atoms with E-state index in [1.54, 1.807) is 0 Å². The molecular formula is C21H25ClN4O. The summed E-state index contributed by atoms with van der Waals surface area (Å²) in [6.45, 7) is 0. The summed E-state index contributed by atoms with van der Waals surface area (Å²) < 4.78 is 2.22. The molecular weight excluding hydrogens is 360 g/mol. The number of aryl methyl sites for hydroxylation is 1. The van der Waals surface area contributed by atoms with E-state index in [2.05, 4.69) is 20.9 Å². The van der Waals surface area contributed by atoms with Crippen LogP contribution in [0.2, 0.25) is 0 Å². The van der Waals surface area contributed by atoms with Gasteiger partial charge in [-0.1, -0.05) is 43.2 Å². The summed E-state index contributed by atoms with van der Waals surface area (Å²) in [7, 11) is 0. The smallest absolute Gasteiger partial charge is 0.227 e. The summed E-state index contributed by atoms with van der Waals surface area (Å²) in [4.78, 5) is 17.2. The van der Waals surface area contributed by atoms with Crippen LogP contribution in [0.15, 0.2) is 48.5 Å². The predicted octanol–water partition coefficient (Wildman–Crippen LogP) is 4.73. The minimum Gasteiger partial charge on any atom is -0.399 e. The van der Waals surface area contributed by atoms with Crippen molar-refractivity contribution in [3.63, 3.8) is 0 Å². The van der Waals surface area contributed by atoms with Crippen molar-refractivity contribution in [1.82, 2.24) is 9.55 Å². The second-order valence-electron chi connectivity index (χ2n) is 6.98. The molecule has 0 unspecified atom stereocenters. The number of halogens is 1. The molecule has 3 aromatic rings. The van der Waals surface area contributed by atoms with Crippen LogP contribution in [-0.4, -0.2) is 15.5 Å². The molecule has 4 rings (SSSR count). The van der Waals surface area contributed by atoms with Crippen molar-refractivity contribution in [3.8, 4) is 0 Å². The Morgan fingerprint density at radius 3 is 2.59 bits per heavy atom. The maximum atomic E-state index is 12.5.